The molecule has 0 aliphatic heterocycles. The van der Waals surface area contributed by atoms with Crippen LogP contribution in [0.3, 0.4) is 0 Å². The van der Waals surface area contributed by atoms with Crippen molar-refractivity contribution in [2.75, 3.05) is 0 Å². The second-order valence-electron chi connectivity index (χ2n) is 11.7. The van der Waals surface area contributed by atoms with Gasteiger partial charge in [0, 0.05) is 27.0 Å². The highest BCUT2D eigenvalue weighted by Crippen LogP contribution is 2.59. The zero-order valence-electron chi connectivity index (χ0n) is 24.5. The molecule has 4 heteroatoms. The second kappa shape index (κ2) is 10.5. The molecule has 0 bridgehead atoms. The van der Waals surface area contributed by atoms with E-state index in [1.54, 1.807) is 11.3 Å². The van der Waals surface area contributed by atoms with Crippen LogP contribution in [0.15, 0.2) is 140 Å². The third kappa shape index (κ3) is 4.38. The predicted octanol–water partition coefficient (Wildman–Crippen LogP) is 10.6. The average molecular weight is 584 g/mol. The van der Waals surface area contributed by atoms with Gasteiger partial charge < -0.3 is 0 Å². The van der Waals surface area contributed by atoms with Crippen LogP contribution in [0.1, 0.15) is 25.0 Å². The van der Waals surface area contributed by atoms with Crippen LogP contribution in [-0.2, 0) is 5.41 Å². The highest BCUT2D eigenvalue weighted by Gasteiger charge is 2.42. The third-order valence-electron chi connectivity index (χ3n) is 8.54. The number of benzene rings is 5. The van der Waals surface area contributed by atoms with Crippen LogP contribution < -0.4 is 0 Å². The van der Waals surface area contributed by atoms with Crippen LogP contribution in [0.5, 0.6) is 0 Å². The Bertz CT molecular complexity index is 2060. The zero-order chi connectivity index (χ0) is 29.7. The highest BCUT2D eigenvalue weighted by molar-refractivity contribution is 7.19. The van der Waals surface area contributed by atoms with Gasteiger partial charge in [-0.3, -0.25) is 0 Å². The lowest BCUT2D eigenvalue weighted by Crippen LogP contribution is -2.16. The van der Waals surface area contributed by atoms with Gasteiger partial charge in [-0.15, -0.1) is 11.3 Å². The smallest absolute Gasteiger partial charge is 0.174 e. The van der Waals surface area contributed by atoms with Gasteiger partial charge >= 0.3 is 0 Å². The molecular weight excluding hydrogens is 555 g/mol. The van der Waals surface area contributed by atoms with Crippen LogP contribution in [0.4, 0.5) is 0 Å². The summed E-state index contributed by atoms with van der Waals surface area (Å²) in [6.07, 6.45) is 0. The molecule has 0 atom stereocenters. The Balaban J connectivity index is 1.39. The lowest BCUT2D eigenvalue weighted by Gasteiger charge is -2.23. The first kappa shape index (κ1) is 26.4. The maximum Gasteiger partial charge on any atom is 0.174 e. The summed E-state index contributed by atoms with van der Waals surface area (Å²) in [4.78, 5) is 17.6. The van der Waals surface area contributed by atoms with Crippen molar-refractivity contribution in [1.29, 1.82) is 0 Å². The van der Waals surface area contributed by atoms with Crippen molar-refractivity contribution in [2.24, 2.45) is 0 Å². The van der Waals surface area contributed by atoms with E-state index in [1.165, 1.54) is 43.8 Å². The summed E-state index contributed by atoms with van der Waals surface area (Å²) >= 11 is 1.79. The average Bonchev–Trinajstić information content (AvgIpc) is 3.60. The second-order valence-corrected chi connectivity index (χ2v) is 12.7. The summed E-state index contributed by atoms with van der Waals surface area (Å²) < 4.78 is 0. The van der Waals surface area contributed by atoms with E-state index in [1.807, 2.05) is 36.4 Å². The van der Waals surface area contributed by atoms with Crippen LogP contribution in [0, 0.1) is 0 Å². The summed E-state index contributed by atoms with van der Waals surface area (Å²) in [6, 6.07) is 48.7. The number of hydrogen-bond acceptors (Lipinski definition) is 4. The normalized spacial score (nSPS) is 13.0. The number of nitrogens with zero attached hydrogens (tertiary/aromatic N) is 3. The standard InChI is InChI=1S/C40H29N3S/c1-40(2)32-25-30(26-15-7-3-8-16-26)23-24-31(32)33-34(40)36(44-35(33)27-17-9-4-10-18-27)39-42-37(28-19-11-5-12-20-28)41-38(43-39)29-21-13-6-14-22-29/h3-25H,1-2H3. The SMILES string of the molecule is CC1(C)c2cc(-c3ccccc3)ccc2-c2c(-c3ccccc3)sc(-c3nc(-c4ccccc4)nc(-c4ccccc4)n3)c21. The Morgan fingerprint density at radius 1 is 0.455 bits per heavy atom. The predicted molar refractivity (Wildman–Crippen MR) is 182 cm³/mol. The molecule has 0 saturated carbocycles. The molecular formula is C40H29N3S. The summed E-state index contributed by atoms with van der Waals surface area (Å²) in [5.41, 5.74) is 10.5. The minimum Gasteiger partial charge on any atom is -0.208 e. The molecule has 0 spiro atoms. The van der Waals surface area contributed by atoms with Crippen LogP contribution >= 0.6 is 11.3 Å². The zero-order valence-corrected chi connectivity index (χ0v) is 25.3. The molecule has 3 nitrogen and oxygen atoms in total. The van der Waals surface area contributed by atoms with Crippen molar-refractivity contribution in [3.05, 3.63) is 151 Å². The van der Waals surface area contributed by atoms with Crippen molar-refractivity contribution >= 4 is 11.3 Å². The summed E-state index contributed by atoms with van der Waals surface area (Å²) in [7, 11) is 0. The van der Waals surface area contributed by atoms with Gasteiger partial charge in [0.1, 0.15) is 0 Å². The molecule has 210 valence electrons. The Morgan fingerprint density at radius 2 is 0.932 bits per heavy atom. The van der Waals surface area contributed by atoms with E-state index in [0.717, 1.165) is 16.0 Å². The third-order valence-corrected chi connectivity index (χ3v) is 9.78. The molecule has 2 heterocycles. The largest absolute Gasteiger partial charge is 0.208 e. The van der Waals surface area contributed by atoms with Crippen molar-refractivity contribution in [3.8, 4) is 66.2 Å². The van der Waals surface area contributed by atoms with Crippen molar-refractivity contribution in [3.63, 3.8) is 0 Å². The van der Waals surface area contributed by atoms with Gasteiger partial charge in [0.15, 0.2) is 17.5 Å². The van der Waals surface area contributed by atoms with Crippen LogP contribution in [0.25, 0.3) is 66.2 Å². The molecule has 1 aliphatic rings. The lowest BCUT2D eigenvalue weighted by molar-refractivity contribution is 0.663. The minimum atomic E-state index is -0.263. The van der Waals surface area contributed by atoms with E-state index in [9.17, 15) is 0 Å². The Morgan fingerprint density at radius 3 is 1.48 bits per heavy atom. The quantitative estimate of drug-likeness (QED) is 0.202. The van der Waals surface area contributed by atoms with Gasteiger partial charge in [-0.25, -0.2) is 15.0 Å². The van der Waals surface area contributed by atoms with Gasteiger partial charge in [-0.05, 0) is 39.4 Å². The van der Waals surface area contributed by atoms with Gasteiger partial charge in [0.05, 0.1) is 4.88 Å². The summed E-state index contributed by atoms with van der Waals surface area (Å²) in [6.45, 7) is 4.68. The molecule has 0 saturated heterocycles. The molecule has 0 unspecified atom stereocenters. The number of fused-ring (bicyclic) bond motifs is 3. The van der Waals surface area contributed by atoms with E-state index in [0.29, 0.717) is 17.5 Å². The van der Waals surface area contributed by atoms with E-state index >= 15 is 0 Å². The monoisotopic (exact) mass is 583 g/mol. The fraction of sp³-hybridized carbons (Fsp3) is 0.0750. The molecule has 2 aromatic heterocycles. The maximum atomic E-state index is 5.17. The number of rotatable bonds is 5. The fourth-order valence-electron chi connectivity index (χ4n) is 6.37. The Labute approximate surface area is 261 Å². The molecule has 44 heavy (non-hydrogen) atoms. The van der Waals surface area contributed by atoms with Crippen molar-refractivity contribution in [1.82, 2.24) is 15.0 Å². The van der Waals surface area contributed by atoms with Gasteiger partial charge in [0.2, 0.25) is 0 Å². The minimum absolute atomic E-state index is 0.263. The van der Waals surface area contributed by atoms with Gasteiger partial charge in [-0.1, -0.05) is 147 Å². The first-order valence-electron chi connectivity index (χ1n) is 14.9. The molecule has 0 N–H and O–H groups in total. The molecule has 5 aromatic carbocycles. The van der Waals surface area contributed by atoms with E-state index in [4.69, 9.17) is 15.0 Å². The topological polar surface area (TPSA) is 38.7 Å². The van der Waals surface area contributed by atoms with Crippen LogP contribution in [0.2, 0.25) is 0 Å². The van der Waals surface area contributed by atoms with Crippen LogP contribution in [-0.4, -0.2) is 15.0 Å². The summed E-state index contributed by atoms with van der Waals surface area (Å²) in [5.74, 6) is 2.07. The Kier molecular flexibility index (Phi) is 6.32. The number of aromatic nitrogens is 3. The lowest BCUT2D eigenvalue weighted by atomic mass is 9.81. The molecule has 7 aromatic rings. The molecule has 0 amide bonds. The van der Waals surface area contributed by atoms with E-state index in [2.05, 4.69) is 117 Å². The molecule has 8 rings (SSSR count). The molecule has 1 aliphatic carbocycles. The number of hydrogen-bond donors (Lipinski definition) is 0. The number of thiophene rings is 1. The van der Waals surface area contributed by atoms with E-state index in [-0.39, 0.29) is 5.41 Å². The molecule has 0 radical (unpaired) electrons. The fourth-order valence-corrected chi connectivity index (χ4v) is 7.78. The van der Waals surface area contributed by atoms with Gasteiger partial charge in [0.25, 0.3) is 0 Å². The first-order valence-corrected chi connectivity index (χ1v) is 15.7. The van der Waals surface area contributed by atoms with E-state index < -0.39 is 0 Å². The van der Waals surface area contributed by atoms with Gasteiger partial charge in [-0.2, -0.15) is 0 Å². The molecule has 0 fully saturated rings. The van der Waals surface area contributed by atoms with Crippen molar-refractivity contribution < 1.29 is 0 Å². The van der Waals surface area contributed by atoms with Crippen molar-refractivity contribution in [2.45, 2.75) is 19.3 Å². The summed E-state index contributed by atoms with van der Waals surface area (Å²) in [5, 5.41) is 0. The first-order chi connectivity index (χ1) is 21.6. The Hall–Kier alpha value is -5.19. The highest BCUT2D eigenvalue weighted by atomic mass is 32.1. The maximum absolute atomic E-state index is 5.17.